The third-order valence-electron chi connectivity index (χ3n) is 4.49. The summed E-state index contributed by atoms with van der Waals surface area (Å²) in [6.45, 7) is 5.16. The van der Waals surface area contributed by atoms with E-state index in [-0.39, 0.29) is 5.91 Å². The van der Waals surface area contributed by atoms with Gasteiger partial charge in [0.05, 0.1) is 0 Å². The quantitative estimate of drug-likeness (QED) is 0.901. The van der Waals surface area contributed by atoms with Crippen LogP contribution in [0.4, 0.5) is 0 Å². The number of likely N-dealkylation sites (tertiary alicyclic amines) is 1. The summed E-state index contributed by atoms with van der Waals surface area (Å²) < 4.78 is 0. The lowest BCUT2D eigenvalue weighted by molar-refractivity contribution is 0.0711. The Hall–Kier alpha value is -1.06. The monoisotopic (exact) mass is 278 g/mol. The Balaban J connectivity index is 1.81. The van der Waals surface area contributed by atoms with E-state index in [1.165, 1.54) is 0 Å². The molecule has 2 saturated heterocycles. The Morgan fingerprint density at radius 3 is 2.79 bits per heavy atom. The zero-order chi connectivity index (χ0) is 13.4. The van der Waals surface area contributed by atoms with E-state index in [1.54, 1.807) is 12.1 Å². The zero-order valence-electron chi connectivity index (χ0n) is 11.1. The van der Waals surface area contributed by atoms with Gasteiger partial charge in [-0.25, -0.2) is 0 Å². The van der Waals surface area contributed by atoms with Crippen molar-refractivity contribution in [2.24, 2.45) is 11.8 Å². The van der Waals surface area contributed by atoms with Gasteiger partial charge in [0.2, 0.25) is 0 Å². The molecule has 1 aromatic rings. The molecule has 0 radical (unpaired) electrons. The van der Waals surface area contributed by atoms with Crippen molar-refractivity contribution in [2.75, 3.05) is 19.6 Å². The third kappa shape index (κ3) is 2.26. The molecule has 3 atom stereocenters. The fourth-order valence-electron chi connectivity index (χ4n) is 3.54. The second-order valence-corrected chi connectivity index (χ2v) is 5.96. The van der Waals surface area contributed by atoms with Gasteiger partial charge in [-0.15, -0.1) is 0 Å². The highest BCUT2D eigenvalue weighted by Gasteiger charge is 2.45. The van der Waals surface area contributed by atoms with Gasteiger partial charge in [-0.05, 0) is 42.5 Å². The van der Waals surface area contributed by atoms with E-state index in [2.05, 4.69) is 17.1 Å². The molecule has 1 aromatic carbocycles. The number of carbonyl (C=O) groups excluding carboxylic acids is 1. The predicted octanol–water partition coefficient (Wildman–Crippen LogP) is 2.41. The number of carbonyl (C=O) groups is 1. The van der Waals surface area contributed by atoms with E-state index >= 15 is 0 Å². The van der Waals surface area contributed by atoms with E-state index in [0.29, 0.717) is 22.9 Å². The van der Waals surface area contributed by atoms with Crippen LogP contribution >= 0.6 is 11.6 Å². The van der Waals surface area contributed by atoms with Gasteiger partial charge in [0.1, 0.15) is 0 Å². The molecule has 0 aliphatic carbocycles. The van der Waals surface area contributed by atoms with Crippen molar-refractivity contribution < 1.29 is 4.79 Å². The van der Waals surface area contributed by atoms with Crippen molar-refractivity contribution in [2.45, 2.75) is 19.4 Å². The summed E-state index contributed by atoms with van der Waals surface area (Å²) in [5, 5.41) is 4.11. The lowest BCUT2D eigenvalue weighted by Gasteiger charge is -2.27. The molecule has 102 valence electrons. The van der Waals surface area contributed by atoms with Crippen LogP contribution in [0.25, 0.3) is 0 Å². The maximum Gasteiger partial charge on any atom is 0.254 e. The van der Waals surface area contributed by atoms with Gasteiger partial charge < -0.3 is 10.2 Å². The summed E-state index contributed by atoms with van der Waals surface area (Å²) in [6, 6.07) is 7.60. The van der Waals surface area contributed by atoms with E-state index in [0.717, 1.165) is 31.6 Å². The van der Waals surface area contributed by atoms with Crippen LogP contribution in [0, 0.1) is 11.8 Å². The van der Waals surface area contributed by atoms with Crippen molar-refractivity contribution in [1.29, 1.82) is 0 Å². The number of fused-ring (bicyclic) bond motifs is 1. The first-order chi connectivity index (χ1) is 9.20. The van der Waals surface area contributed by atoms with Crippen LogP contribution in [-0.2, 0) is 0 Å². The molecule has 4 heteroatoms. The Bertz CT molecular complexity index is 474. The molecule has 2 fully saturated rings. The van der Waals surface area contributed by atoms with E-state index < -0.39 is 0 Å². The Morgan fingerprint density at radius 2 is 2.11 bits per heavy atom. The number of nitrogens with zero attached hydrogens (tertiary/aromatic N) is 1. The van der Waals surface area contributed by atoms with Crippen LogP contribution in [0.5, 0.6) is 0 Å². The van der Waals surface area contributed by atoms with Gasteiger partial charge in [-0.3, -0.25) is 4.79 Å². The average molecular weight is 279 g/mol. The first kappa shape index (κ1) is 12.9. The first-order valence-corrected chi connectivity index (χ1v) is 7.35. The lowest BCUT2D eigenvalue weighted by atomic mass is 9.93. The Kier molecular flexibility index (Phi) is 3.50. The lowest BCUT2D eigenvalue weighted by Crippen LogP contribution is -2.39. The SMILES string of the molecule is CCC1C2CNCC2CN1C(=O)c1ccc(Cl)cc1. The molecule has 19 heavy (non-hydrogen) atoms. The predicted molar refractivity (Wildman–Crippen MR) is 76.4 cm³/mol. The van der Waals surface area contributed by atoms with Crippen LogP contribution in [0.1, 0.15) is 23.7 Å². The molecule has 3 rings (SSSR count). The standard InChI is InChI=1S/C15H19ClN2O/c1-2-14-13-8-17-7-11(13)9-18(14)15(19)10-3-5-12(16)6-4-10/h3-6,11,13-14,17H,2,7-9H2,1H3. The van der Waals surface area contributed by atoms with Crippen molar-refractivity contribution in [1.82, 2.24) is 10.2 Å². The minimum atomic E-state index is 0.151. The molecule has 0 saturated carbocycles. The van der Waals surface area contributed by atoms with Crippen molar-refractivity contribution in [3.63, 3.8) is 0 Å². The minimum absolute atomic E-state index is 0.151. The molecule has 0 aromatic heterocycles. The molecule has 1 N–H and O–H groups in total. The molecular formula is C15H19ClN2O. The minimum Gasteiger partial charge on any atom is -0.335 e. The smallest absolute Gasteiger partial charge is 0.254 e. The molecule has 2 aliphatic rings. The van der Waals surface area contributed by atoms with Gasteiger partial charge in [-0.1, -0.05) is 18.5 Å². The van der Waals surface area contributed by atoms with Gasteiger partial charge in [0.15, 0.2) is 0 Å². The number of hydrogen-bond acceptors (Lipinski definition) is 2. The van der Waals surface area contributed by atoms with Crippen molar-refractivity contribution in [3.8, 4) is 0 Å². The van der Waals surface area contributed by atoms with Crippen molar-refractivity contribution >= 4 is 17.5 Å². The zero-order valence-corrected chi connectivity index (χ0v) is 11.9. The topological polar surface area (TPSA) is 32.3 Å². The molecule has 3 unspecified atom stereocenters. The van der Waals surface area contributed by atoms with Crippen LogP contribution in [0.3, 0.4) is 0 Å². The van der Waals surface area contributed by atoms with Gasteiger partial charge in [0.25, 0.3) is 5.91 Å². The average Bonchev–Trinajstić information content (AvgIpc) is 2.98. The molecule has 0 bridgehead atoms. The summed E-state index contributed by atoms with van der Waals surface area (Å²) >= 11 is 5.88. The summed E-state index contributed by atoms with van der Waals surface area (Å²) in [5.41, 5.74) is 0.746. The van der Waals surface area contributed by atoms with Gasteiger partial charge in [0, 0.05) is 36.3 Å². The van der Waals surface area contributed by atoms with Crippen LogP contribution in [-0.4, -0.2) is 36.5 Å². The van der Waals surface area contributed by atoms with Crippen LogP contribution in [0.15, 0.2) is 24.3 Å². The first-order valence-electron chi connectivity index (χ1n) is 6.98. The fraction of sp³-hybridized carbons (Fsp3) is 0.533. The highest BCUT2D eigenvalue weighted by Crippen LogP contribution is 2.35. The van der Waals surface area contributed by atoms with E-state index in [1.807, 2.05) is 12.1 Å². The second kappa shape index (κ2) is 5.14. The number of nitrogens with one attached hydrogen (secondary N) is 1. The molecule has 0 spiro atoms. The molecular weight excluding hydrogens is 260 g/mol. The molecule has 3 nitrogen and oxygen atoms in total. The largest absolute Gasteiger partial charge is 0.335 e. The Morgan fingerprint density at radius 1 is 1.37 bits per heavy atom. The normalized spacial score (nSPS) is 29.6. The Labute approximate surface area is 118 Å². The fourth-order valence-corrected chi connectivity index (χ4v) is 3.66. The van der Waals surface area contributed by atoms with E-state index in [9.17, 15) is 4.79 Å². The number of amides is 1. The number of rotatable bonds is 2. The van der Waals surface area contributed by atoms with Gasteiger partial charge in [-0.2, -0.15) is 0 Å². The highest BCUT2D eigenvalue weighted by atomic mass is 35.5. The summed E-state index contributed by atoms with van der Waals surface area (Å²) in [4.78, 5) is 14.7. The number of halogens is 1. The molecule has 1 amide bonds. The van der Waals surface area contributed by atoms with Crippen LogP contribution in [0.2, 0.25) is 5.02 Å². The van der Waals surface area contributed by atoms with Crippen molar-refractivity contribution in [3.05, 3.63) is 34.9 Å². The maximum atomic E-state index is 12.6. The second-order valence-electron chi connectivity index (χ2n) is 5.52. The maximum absolute atomic E-state index is 12.6. The summed E-state index contributed by atoms with van der Waals surface area (Å²) in [5.74, 6) is 1.40. The summed E-state index contributed by atoms with van der Waals surface area (Å²) in [6.07, 6.45) is 1.03. The highest BCUT2D eigenvalue weighted by molar-refractivity contribution is 6.30. The molecule has 2 heterocycles. The van der Waals surface area contributed by atoms with E-state index in [4.69, 9.17) is 11.6 Å². The van der Waals surface area contributed by atoms with Crippen LogP contribution < -0.4 is 5.32 Å². The number of benzene rings is 1. The number of hydrogen-bond donors (Lipinski definition) is 1. The molecule has 2 aliphatic heterocycles. The third-order valence-corrected chi connectivity index (χ3v) is 4.74. The van der Waals surface area contributed by atoms with Gasteiger partial charge >= 0.3 is 0 Å². The summed E-state index contributed by atoms with van der Waals surface area (Å²) in [7, 11) is 0.